The minimum absolute atomic E-state index is 0.220. The largest absolute Gasteiger partial charge is 0.506 e. The molecule has 78 valence electrons. The van der Waals surface area contributed by atoms with Crippen molar-refractivity contribution in [1.82, 2.24) is 14.4 Å². The first-order valence-corrected chi connectivity index (χ1v) is 4.93. The lowest BCUT2D eigenvalue weighted by molar-refractivity contribution is 0.479. The van der Waals surface area contributed by atoms with Crippen LogP contribution >= 0.6 is 0 Å². The molecule has 0 aliphatic heterocycles. The molecule has 3 heterocycles. The highest BCUT2D eigenvalue weighted by Gasteiger charge is 2.08. The van der Waals surface area contributed by atoms with Crippen LogP contribution in [0.25, 0.3) is 17.0 Å². The Morgan fingerprint density at radius 1 is 1.06 bits per heavy atom. The third kappa shape index (κ3) is 1.24. The Kier molecular flexibility index (Phi) is 1.86. The molecule has 0 radical (unpaired) electrons. The van der Waals surface area contributed by atoms with Crippen molar-refractivity contribution in [3.05, 3.63) is 48.9 Å². The van der Waals surface area contributed by atoms with Gasteiger partial charge in [0.25, 0.3) is 0 Å². The minimum Gasteiger partial charge on any atom is -0.506 e. The predicted octanol–water partition coefficient (Wildman–Crippen LogP) is 2.10. The summed E-state index contributed by atoms with van der Waals surface area (Å²) < 4.78 is 1.82. The van der Waals surface area contributed by atoms with E-state index in [1.807, 2.05) is 28.8 Å². The molecule has 0 aliphatic rings. The molecule has 3 rings (SSSR count). The molecular formula is C12H9N3O. The van der Waals surface area contributed by atoms with E-state index in [0.29, 0.717) is 5.52 Å². The molecule has 4 heteroatoms. The van der Waals surface area contributed by atoms with E-state index in [4.69, 9.17) is 0 Å². The normalized spacial score (nSPS) is 10.8. The summed E-state index contributed by atoms with van der Waals surface area (Å²) in [5.74, 6) is 0.948. The monoisotopic (exact) mass is 211 g/mol. The van der Waals surface area contributed by atoms with Crippen molar-refractivity contribution in [2.75, 3.05) is 0 Å². The number of imidazole rings is 1. The standard InChI is InChI=1S/C12H9N3O/c16-11-5-3-7-15-10(11)8-14-12(15)9-4-1-2-6-13-9/h1-8,16H. The first-order valence-electron chi connectivity index (χ1n) is 4.93. The maximum Gasteiger partial charge on any atom is 0.163 e. The molecule has 4 nitrogen and oxygen atoms in total. The van der Waals surface area contributed by atoms with Gasteiger partial charge in [0, 0.05) is 12.4 Å². The van der Waals surface area contributed by atoms with Gasteiger partial charge in [-0.15, -0.1) is 0 Å². The van der Waals surface area contributed by atoms with Crippen molar-refractivity contribution in [2.24, 2.45) is 0 Å². The van der Waals surface area contributed by atoms with Crippen LogP contribution in [-0.4, -0.2) is 19.5 Å². The van der Waals surface area contributed by atoms with Gasteiger partial charge in [-0.1, -0.05) is 6.07 Å². The lowest BCUT2D eigenvalue weighted by atomic mass is 10.3. The van der Waals surface area contributed by atoms with E-state index in [1.54, 1.807) is 24.5 Å². The van der Waals surface area contributed by atoms with Crippen LogP contribution in [0.4, 0.5) is 0 Å². The molecule has 0 fully saturated rings. The molecule has 0 saturated heterocycles. The van der Waals surface area contributed by atoms with E-state index < -0.39 is 0 Å². The van der Waals surface area contributed by atoms with Crippen LogP contribution in [0.3, 0.4) is 0 Å². The zero-order valence-corrected chi connectivity index (χ0v) is 8.41. The molecule has 0 atom stereocenters. The SMILES string of the molecule is Oc1cccn2c(-c3ccccn3)ncc12. The van der Waals surface area contributed by atoms with Gasteiger partial charge in [-0.2, -0.15) is 0 Å². The van der Waals surface area contributed by atoms with Gasteiger partial charge < -0.3 is 5.11 Å². The van der Waals surface area contributed by atoms with Crippen LogP contribution < -0.4 is 0 Å². The Morgan fingerprint density at radius 3 is 2.81 bits per heavy atom. The summed E-state index contributed by atoms with van der Waals surface area (Å²) in [5.41, 5.74) is 1.47. The molecule has 0 unspecified atom stereocenters. The quantitative estimate of drug-likeness (QED) is 0.670. The zero-order chi connectivity index (χ0) is 11.0. The highest BCUT2D eigenvalue weighted by Crippen LogP contribution is 2.23. The first kappa shape index (κ1) is 8.91. The predicted molar refractivity (Wildman–Crippen MR) is 60.1 cm³/mol. The third-order valence-corrected chi connectivity index (χ3v) is 2.44. The van der Waals surface area contributed by atoms with Crippen LogP contribution in [-0.2, 0) is 0 Å². The average Bonchev–Trinajstić information content (AvgIpc) is 2.75. The van der Waals surface area contributed by atoms with Crippen molar-refractivity contribution < 1.29 is 5.11 Å². The molecule has 0 spiro atoms. The lowest BCUT2D eigenvalue weighted by Gasteiger charge is -2.00. The van der Waals surface area contributed by atoms with Gasteiger partial charge in [0.1, 0.15) is 17.0 Å². The smallest absolute Gasteiger partial charge is 0.163 e. The molecule has 0 aromatic carbocycles. The second-order valence-electron chi connectivity index (χ2n) is 3.45. The van der Waals surface area contributed by atoms with Crippen molar-refractivity contribution in [3.63, 3.8) is 0 Å². The van der Waals surface area contributed by atoms with Gasteiger partial charge in [-0.05, 0) is 24.3 Å². The number of nitrogens with zero attached hydrogens (tertiary/aromatic N) is 3. The van der Waals surface area contributed by atoms with E-state index in [9.17, 15) is 5.11 Å². The summed E-state index contributed by atoms with van der Waals surface area (Å²) in [6.07, 6.45) is 5.21. The van der Waals surface area contributed by atoms with Gasteiger partial charge in [0.05, 0.1) is 6.20 Å². The number of hydrogen-bond donors (Lipinski definition) is 1. The van der Waals surface area contributed by atoms with E-state index in [1.165, 1.54) is 0 Å². The van der Waals surface area contributed by atoms with Crippen molar-refractivity contribution in [3.8, 4) is 17.3 Å². The Morgan fingerprint density at radius 2 is 2.00 bits per heavy atom. The fourth-order valence-corrected chi connectivity index (χ4v) is 1.69. The molecule has 0 saturated carbocycles. The Bertz CT molecular complexity index is 631. The molecule has 3 aromatic rings. The number of aromatic hydroxyl groups is 1. The molecule has 0 aliphatic carbocycles. The summed E-state index contributed by atoms with van der Waals surface area (Å²) in [7, 11) is 0. The zero-order valence-electron chi connectivity index (χ0n) is 8.41. The minimum atomic E-state index is 0.220. The molecule has 0 amide bonds. The average molecular weight is 211 g/mol. The van der Waals surface area contributed by atoms with Crippen LogP contribution in [0, 0.1) is 0 Å². The van der Waals surface area contributed by atoms with E-state index in [-0.39, 0.29) is 5.75 Å². The topological polar surface area (TPSA) is 50.4 Å². The van der Waals surface area contributed by atoms with Crippen LogP contribution in [0.1, 0.15) is 0 Å². The fourth-order valence-electron chi connectivity index (χ4n) is 1.69. The lowest BCUT2D eigenvalue weighted by Crippen LogP contribution is -1.90. The van der Waals surface area contributed by atoms with E-state index in [0.717, 1.165) is 11.5 Å². The fraction of sp³-hybridized carbons (Fsp3) is 0. The number of aromatic nitrogens is 3. The maximum absolute atomic E-state index is 9.65. The summed E-state index contributed by atoms with van der Waals surface area (Å²) in [5, 5.41) is 9.65. The first-order chi connectivity index (χ1) is 7.86. The second kappa shape index (κ2) is 3.34. The van der Waals surface area contributed by atoms with E-state index >= 15 is 0 Å². The van der Waals surface area contributed by atoms with Crippen molar-refractivity contribution in [2.45, 2.75) is 0 Å². The Hall–Kier alpha value is -2.36. The highest BCUT2D eigenvalue weighted by atomic mass is 16.3. The number of pyridine rings is 2. The Balaban J connectivity index is 2.30. The summed E-state index contributed by atoms with van der Waals surface area (Å²) in [6.45, 7) is 0. The Labute approximate surface area is 91.8 Å². The molecular weight excluding hydrogens is 202 g/mol. The third-order valence-electron chi connectivity index (χ3n) is 2.44. The van der Waals surface area contributed by atoms with Crippen molar-refractivity contribution in [1.29, 1.82) is 0 Å². The summed E-state index contributed by atoms with van der Waals surface area (Å²) in [6, 6.07) is 9.07. The van der Waals surface area contributed by atoms with Crippen molar-refractivity contribution >= 4 is 5.52 Å². The van der Waals surface area contributed by atoms with Gasteiger partial charge >= 0.3 is 0 Å². The molecule has 1 N–H and O–H groups in total. The molecule has 16 heavy (non-hydrogen) atoms. The second-order valence-corrected chi connectivity index (χ2v) is 3.45. The van der Waals surface area contributed by atoms with Crippen LogP contribution in [0.2, 0.25) is 0 Å². The maximum atomic E-state index is 9.65. The van der Waals surface area contributed by atoms with Gasteiger partial charge in [0.2, 0.25) is 0 Å². The number of rotatable bonds is 1. The van der Waals surface area contributed by atoms with Gasteiger partial charge in [-0.3, -0.25) is 9.38 Å². The summed E-state index contributed by atoms with van der Waals surface area (Å²) in [4.78, 5) is 8.50. The van der Waals surface area contributed by atoms with Gasteiger partial charge in [0.15, 0.2) is 5.82 Å². The van der Waals surface area contributed by atoms with E-state index in [2.05, 4.69) is 9.97 Å². The van der Waals surface area contributed by atoms with Gasteiger partial charge in [-0.25, -0.2) is 4.98 Å². The van der Waals surface area contributed by atoms with Crippen LogP contribution in [0.15, 0.2) is 48.9 Å². The number of hydrogen-bond acceptors (Lipinski definition) is 3. The van der Waals surface area contributed by atoms with Crippen LogP contribution in [0.5, 0.6) is 5.75 Å². The highest BCUT2D eigenvalue weighted by molar-refractivity contribution is 5.65. The molecule has 0 bridgehead atoms. The summed E-state index contributed by atoms with van der Waals surface area (Å²) >= 11 is 0. The molecule has 3 aromatic heterocycles. The number of fused-ring (bicyclic) bond motifs is 1.